The Morgan fingerprint density at radius 3 is 2.67 bits per heavy atom. The number of rotatable bonds is 0. The Kier molecular flexibility index (Phi) is 0.943. The number of carbonyl (C=O) groups excluding carboxylic acids is 1. The fourth-order valence-corrected chi connectivity index (χ4v) is 1.72. The van der Waals surface area contributed by atoms with Crippen LogP contribution >= 0.6 is 0 Å². The largest absolute Gasteiger partial charge is 0.366 e. The van der Waals surface area contributed by atoms with Crippen LogP contribution in [-0.4, -0.2) is 18.0 Å². The third kappa shape index (κ3) is 0.568. The molecule has 2 aliphatic heterocycles. The molecule has 0 aromatic carbocycles. The molecular weight excluding hydrogens is 116 g/mol. The molecule has 0 N–H and O–H groups in total. The van der Waals surface area contributed by atoms with Gasteiger partial charge >= 0.3 is 0 Å². The third-order valence-corrected chi connectivity index (χ3v) is 2.38. The van der Waals surface area contributed by atoms with Crippen molar-refractivity contribution in [3.8, 4) is 0 Å². The lowest BCUT2D eigenvalue weighted by Crippen LogP contribution is -2.23. The highest BCUT2D eigenvalue weighted by atomic mass is 16.5. The van der Waals surface area contributed by atoms with Crippen LogP contribution in [0.2, 0.25) is 0 Å². The first-order valence-corrected chi connectivity index (χ1v) is 3.48. The molecule has 0 aromatic rings. The van der Waals surface area contributed by atoms with Crippen LogP contribution in [0.3, 0.4) is 0 Å². The van der Waals surface area contributed by atoms with Crippen molar-refractivity contribution in [1.82, 2.24) is 0 Å². The fourth-order valence-electron chi connectivity index (χ4n) is 1.72. The first-order valence-electron chi connectivity index (χ1n) is 3.48. The molecule has 0 unspecified atom stereocenters. The van der Waals surface area contributed by atoms with Gasteiger partial charge in [-0.3, -0.25) is 4.79 Å². The summed E-state index contributed by atoms with van der Waals surface area (Å²) in [7, 11) is 0. The number of carbonyl (C=O) groups is 1. The fraction of sp³-hybridized carbons (Fsp3) is 0.857. The zero-order chi connectivity index (χ0) is 6.43. The minimum Gasteiger partial charge on any atom is -0.366 e. The Labute approximate surface area is 54.2 Å². The number of ether oxygens (including phenoxy) is 1. The van der Waals surface area contributed by atoms with Crippen molar-refractivity contribution in [2.45, 2.75) is 32.0 Å². The average Bonchev–Trinajstić information content (AvgIpc) is 2.37. The second-order valence-electron chi connectivity index (χ2n) is 2.93. The standard InChI is InChI=1S/C7H10O2/c1-4-5-2-3-6(9-5)7(4)8/h4-6H,2-3H2,1H3/t4-,5-,6+/m1/s1. The summed E-state index contributed by atoms with van der Waals surface area (Å²) in [6.45, 7) is 1.96. The van der Waals surface area contributed by atoms with Crippen molar-refractivity contribution in [3.05, 3.63) is 0 Å². The van der Waals surface area contributed by atoms with Crippen LogP contribution in [0.5, 0.6) is 0 Å². The lowest BCUT2D eigenvalue weighted by Gasteiger charge is -2.10. The van der Waals surface area contributed by atoms with E-state index >= 15 is 0 Å². The molecule has 0 aromatic heterocycles. The quantitative estimate of drug-likeness (QED) is 0.479. The Balaban J connectivity index is 2.25. The molecule has 2 fully saturated rings. The molecule has 0 radical (unpaired) electrons. The lowest BCUT2D eigenvalue weighted by atomic mass is 9.90. The van der Waals surface area contributed by atoms with E-state index in [4.69, 9.17) is 4.74 Å². The summed E-state index contributed by atoms with van der Waals surface area (Å²) in [5.74, 6) is 0.509. The van der Waals surface area contributed by atoms with Gasteiger partial charge in [-0.25, -0.2) is 0 Å². The molecule has 2 rings (SSSR count). The average molecular weight is 126 g/mol. The van der Waals surface area contributed by atoms with E-state index in [0.717, 1.165) is 12.8 Å². The van der Waals surface area contributed by atoms with Crippen LogP contribution in [0.1, 0.15) is 19.8 Å². The van der Waals surface area contributed by atoms with Crippen molar-refractivity contribution in [3.63, 3.8) is 0 Å². The maximum Gasteiger partial charge on any atom is 0.166 e. The van der Waals surface area contributed by atoms with E-state index < -0.39 is 0 Å². The minimum absolute atomic E-state index is 0.0231. The van der Waals surface area contributed by atoms with Crippen molar-refractivity contribution >= 4 is 5.78 Å². The number of hydrogen-bond acceptors (Lipinski definition) is 2. The predicted molar refractivity (Wildman–Crippen MR) is 32.1 cm³/mol. The summed E-state index contributed by atoms with van der Waals surface area (Å²) in [4.78, 5) is 11.0. The molecule has 9 heavy (non-hydrogen) atoms. The van der Waals surface area contributed by atoms with Gasteiger partial charge in [0.2, 0.25) is 0 Å². The zero-order valence-electron chi connectivity index (χ0n) is 5.46. The van der Waals surface area contributed by atoms with E-state index in [9.17, 15) is 4.79 Å². The van der Waals surface area contributed by atoms with E-state index in [1.165, 1.54) is 0 Å². The highest BCUT2D eigenvalue weighted by Crippen LogP contribution is 2.35. The molecule has 2 saturated heterocycles. The topological polar surface area (TPSA) is 26.3 Å². The Bertz CT molecular complexity index is 149. The summed E-state index contributed by atoms with van der Waals surface area (Å²) in [5.41, 5.74) is 0. The van der Waals surface area contributed by atoms with E-state index in [0.29, 0.717) is 5.78 Å². The van der Waals surface area contributed by atoms with Crippen LogP contribution in [-0.2, 0) is 9.53 Å². The van der Waals surface area contributed by atoms with Gasteiger partial charge in [-0.1, -0.05) is 6.92 Å². The Morgan fingerprint density at radius 1 is 1.56 bits per heavy atom. The number of hydrogen-bond donors (Lipinski definition) is 0. The zero-order valence-corrected chi connectivity index (χ0v) is 5.46. The predicted octanol–water partition coefficient (Wildman–Crippen LogP) is 0.753. The highest BCUT2D eigenvalue weighted by Gasteiger charge is 2.45. The third-order valence-electron chi connectivity index (χ3n) is 2.38. The SMILES string of the molecule is C[C@H]1C(=O)[C@@H]2CC[C@H]1O2. The van der Waals surface area contributed by atoms with Gasteiger partial charge in [0, 0.05) is 5.92 Å². The molecule has 50 valence electrons. The highest BCUT2D eigenvalue weighted by molar-refractivity contribution is 5.88. The number of Topliss-reactive ketones (excluding diaryl/α,β-unsaturated/α-hetero) is 1. The summed E-state index contributed by atoms with van der Waals surface area (Å²) < 4.78 is 5.35. The van der Waals surface area contributed by atoms with Crippen LogP contribution < -0.4 is 0 Å². The smallest absolute Gasteiger partial charge is 0.166 e. The van der Waals surface area contributed by atoms with Gasteiger partial charge in [-0.05, 0) is 12.8 Å². The minimum atomic E-state index is -0.0231. The van der Waals surface area contributed by atoms with Gasteiger partial charge in [0.1, 0.15) is 6.10 Å². The molecule has 0 aliphatic carbocycles. The summed E-state index contributed by atoms with van der Waals surface area (Å²) in [6.07, 6.45) is 2.30. The lowest BCUT2D eigenvalue weighted by molar-refractivity contribution is -0.124. The molecule has 2 nitrogen and oxygen atoms in total. The molecule has 2 bridgehead atoms. The van der Waals surface area contributed by atoms with Crippen molar-refractivity contribution in [1.29, 1.82) is 0 Å². The van der Waals surface area contributed by atoms with Crippen LogP contribution in [0.25, 0.3) is 0 Å². The van der Waals surface area contributed by atoms with Gasteiger partial charge in [-0.2, -0.15) is 0 Å². The summed E-state index contributed by atoms with van der Waals surface area (Å²) in [5, 5.41) is 0. The van der Waals surface area contributed by atoms with Gasteiger partial charge < -0.3 is 4.74 Å². The maximum atomic E-state index is 11.0. The van der Waals surface area contributed by atoms with Crippen molar-refractivity contribution in [2.24, 2.45) is 5.92 Å². The second kappa shape index (κ2) is 1.57. The monoisotopic (exact) mass is 126 g/mol. The molecule has 0 saturated carbocycles. The Morgan fingerprint density at radius 2 is 2.33 bits per heavy atom. The summed E-state index contributed by atoms with van der Waals surface area (Å²) in [6, 6.07) is 0. The normalized spacial score (nSPS) is 48.6. The molecule has 2 heterocycles. The van der Waals surface area contributed by atoms with E-state index in [2.05, 4.69) is 0 Å². The van der Waals surface area contributed by atoms with Gasteiger partial charge in [-0.15, -0.1) is 0 Å². The number of fused-ring (bicyclic) bond motifs is 2. The van der Waals surface area contributed by atoms with Crippen molar-refractivity contribution in [2.75, 3.05) is 0 Å². The van der Waals surface area contributed by atoms with E-state index in [1.54, 1.807) is 0 Å². The van der Waals surface area contributed by atoms with Gasteiger partial charge in [0.15, 0.2) is 5.78 Å². The Hall–Kier alpha value is -0.370. The second-order valence-corrected chi connectivity index (χ2v) is 2.93. The van der Waals surface area contributed by atoms with Crippen molar-refractivity contribution < 1.29 is 9.53 Å². The first kappa shape index (κ1) is 5.42. The van der Waals surface area contributed by atoms with Crippen LogP contribution in [0.15, 0.2) is 0 Å². The van der Waals surface area contributed by atoms with Gasteiger partial charge in [0.05, 0.1) is 6.10 Å². The molecule has 3 atom stereocenters. The van der Waals surface area contributed by atoms with E-state index in [-0.39, 0.29) is 18.1 Å². The molecule has 0 amide bonds. The first-order chi connectivity index (χ1) is 4.29. The van der Waals surface area contributed by atoms with Crippen LogP contribution in [0.4, 0.5) is 0 Å². The van der Waals surface area contributed by atoms with E-state index in [1.807, 2.05) is 6.92 Å². The molecular formula is C7H10O2. The van der Waals surface area contributed by atoms with Gasteiger partial charge in [0.25, 0.3) is 0 Å². The molecule has 2 heteroatoms. The number of ketones is 1. The maximum absolute atomic E-state index is 11.0. The van der Waals surface area contributed by atoms with Crippen LogP contribution in [0, 0.1) is 5.92 Å². The summed E-state index contributed by atoms with van der Waals surface area (Å²) >= 11 is 0. The molecule has 0 spiro atoms. The molecule has 2 aliphatic rings.